The molecular weight excluding hydrogens is 126 g/mol. The molecular formula is C7H19N3. The summed E-state index contributed by atoms with van der Waals surface area (Å²) in [5, 5.41) is 9.91. The second kappa shape index (κ2) is 6.99. The zero-order valence-electron chi connectivity index (χ0n) is 5.74. The Morgan fingerprint density at radius 1 is 0.500 bits per heavy atom. The molecule has 0 aromatic rings. The topological polar surface area (TPSA) is 36.1 Å². The third-order valence-corrected chi connectivity index (χ3v) is 1.44. The van der Waals surface area contributed by atoms with Gasteiger partial charge in [-0.2, -0.15) is 0 Å². The highest BCUT2D eigenvalue weighted by atomic mass is 15.0. The minimum atomic E-state index is 0. The Hall–Kier alpha value is -0.120. The molecule has 0 amide bonds. The van der Waals surface area contributed by atoms with E-state index in [4.69, 9.17) is 0 Å². The normalized spacial score (nSPS) is 21.6. The fourth-order valence-electron chi connectivity index (χ4n) is 0.905. The summed E-state index contributed by atoms with van der Waals surface area (Å²) in [6, 6.07) is 0. The molecule has 3 N–H and O–H groups in total. The molecule has 0 radical (unpaired) electrons. The van der Waals surface area contributed by atoms with E-state index in [-0.39, 0.29) is 7.43 Å². The first-order valence-corrected chi connectivity index (χ1v) is 3.62. The molecule has 0 saturated carbocycles. The van der Waals surface area contributed by atoms with Crippen LogP contribution in [0, 0.1) is 0 Å². The summed E-state index contributed by atoms with van der Waals surface area (Å²) in [7, 11) is 0. The van der Waals surface area contributed by atoms with Crippen molar-refractivity contribution in [3.05, 3.63) is 0 Å². The van der Waals surface area contributed by atoms with Crippen molar-refractivity contribution in [1.29, 1.82) is 0 Å². The molecule has 1 aliphatic heterocycles. The molecule has 1 aliphatic rings. The Kier molecular flexibility index (Phi) is 6.91. The van der Waals surface area contributed by atoms with E-state index in [0.29, 0.717) is 0 Å². The largest absolute Gasteiger partial charge is 0.314 e. The monoisotopic (exact) mass is 145 g/mol. The lowest BCUT2D eigenvalue weighted by Gasteiger charge is -1.99. The van der Waals surface area contributed by atoms with Gasteiger partial charge in [0, 0.05) is 39.3 Å². The standard InChI is InChI=1S/C6H15N3.CH4/c1-2-8-5-6-9-4-3-7-1;/h7-9H,1-6H2;1H4. The van der Waals surface area contributed by atoms with Gasteiger partial charge in [-0.1, -0.05) is 7.43 Å². The lowest BCUT2D eigenvalue weighted by atomic mass is 10.6. The van der Waals surface area contributed by atoms with E-state index in [1.807, 2.05) is 0 Å². The van der Waals surface area contributed by atoms with Crippen molar-refractivity contribution in [2.24, 2.45) is 0 Å². The highest BCUT2D eigenvalue weighted by molar-refractivity contribution is 4.59. The fourth-order valence-corrected chi connectivity index (χ4v) is 0.905. The van der Waals surface area contributed by atoms with E-state index in [1.165, 1.54) is 0 Å². The summed E-state index contributed by atoms with van der Waals surface area (Å²) in [6.45, 7) is 6.59. The molecule has 1 fully saturated rings. The van der Waals surface area contributed by atoms with Crippen LogP contribution in [0.4, 0.5) is 0 Å². The lowest BCUT2D eigenvalue weighted by Crippen LogP contribution is -2.27. The van der Waals surface area contributed by atoms with Crippen LogP contribution in [-0.4, -0.2) is 39.3 Å². The maximum absolute atomic E-state index is 3.30. The van der Waals surface area contributed by atoms with Crippen molar-refractivity contribution >= 4 is 0 Å². The molecule has 0 aliphatic carbocycles. The molecule has 0 aromatic heterocycles. The van der Waals surface area contributed by atoms with Gasteiger partial charge in [-0.3, -0.25) is 0 Å². The van der Waals surface area contributed by atoms with Crippen LogP contribution in [0.5, 0.6) is 0 Å². The van der Waals surface area contributed by atoms with Gasteiger partial charge in [0.25, 0.3) is 0 Å². The number of nitrogens with one attached hydrogen (secondary N) is 3. The average Bonchev–Trinajstić information content (AvgIpc) is 2.00. The van der Waals surface area contributed by atoms with Crippen molar-refractivity contribution in [2.75, 3.05) is 39.3 Å². The molecule has 62 valence electrons. The lowest BCUT2D eigenvalue weighted by molar-refractivity contribution is 0.652. The van der Waals surface area contributed by atoms with Crippen LogP contribution in [-0.2, 0) is 0 Å². The molecule has 1 rings (SSSR count). The van der Waals surface area contributed by atoms with Crippen molar-refractivity contribution < 1.29 is 0 Å². The van der Waals surface area contributed by atoms with Gasteiger partial charge in [-0.15, -0.1) is 0 Å². The van der Waals surface area contributed by atoms with Gasteiger partial charge in [0.2, 0.25) is 0 Å². The molecule has 0 unspecified atom stereocenters. The predicted octanol–water partition coefficient (Wildman–Crippen LogP) is -0.595. The number of rotatable bonds is 0. The second-order valence-corrected chi connectivity index (χ2v) is 2.25. The molecule has 10 heavy (non-hydrogen) atoms. The summed E-state index contributed by atoms with van der Waals surface area (Å²) in [4.78, 5) is 0. The van der Waals surface area contributed by atoms with Gasteiger partial charge in [-0.25, -0.2) is 0 Å². The van der Waals surface area contributed by atoms with Crippen LogP contribution < -0.4 is 16.0 Å². The molecule has 0 bridgehead atoms. The highest BCUT2D eigenvalue weighted by Crippen LogP contribution is 1.65. The maximum atomic E-state index is 3.30. The summed E-state index contributed by atoms with van der Waals surface area (Å²) in [6.07, 6.45) is 0. The Morgan fingerprint density at radius 2 is 0.700 bits per heavy atom. The zero-order chi connectivity index (χ0) is 6.36. The quantitative estimate of drug-likeness (QED) is 0.426. The zero-order valence-corrected chi connectivity index (χ0v) is 5.74. The Balaban J connectivity index is 0.000000810. The third kappa shape index (κ3) is 4.73. The second-order valence-electron chi connectivity index (χ2n) is 2.25. The van der Waals surface area contributed by atoms with Crippen molar-refractivity contribution in [2.45, 2.75) is 7.43 Å². The van der Waals surface area contributed by atoms with Gasteiger partial charge in [0.05, 0.1) is 0 Å². The summed E-state index contributed by atoms with van der Waals surface area (Å²) in [5.41, 5.74) is 0. The van der Waals surface area contributed by atoms with Crippen molar-refractivity contribution in [1.82, 2.24) is 16.0 Å². The van der Waals surface area contributed by atoms with E-state index in [1.54, 1.807) is 0 Å². The summed E-state index contributed by atoms with van der Waals surface area (Å²) >= 11 is 0. The van der Waals surface area contributed by atoms with Crippen LogP contribution in [0.3, 0.4) is 0 Å². The highest BCUT2D eigenvalue weighted by Gasteiger charge is 1.91. The number of hydrogen-bond donors (Lipinski definition) is 3. The molecule has 0 aromatic carbocycles. The van der Waals surface area contributed by atoms with Crippen LogP contribution in [0.1, 0.15) is 7.43 Å². The summed E-state index contributed by atoms with van der Waals surface area (Å²) < 4.78 is 0. The number of hydrogen-bond acceptors (Lipinski definition) is 3. The van der Waals surface area contributed by atoms with Crippen molar-refractivity contribution in [3.8, 4) is 0 Å². The SMILES string of the molecule is C.C1CNCCNCCN1. The van der Waals surface area contributed by atoms with E-state index in [2.05, 4.69) is 16.0 Å². The molecule has 1 saturated heterocycles. The van der Waals surface area contributed by atoms with Gasteiger partial charge in [0.1, 0.15) is 0 Å². The maximum Gasteiger partial charge on any atom is 0.00772 e. The van der Waals surface area contributed by atoms with Crippen LogP contribution in [0.15, 0.2) is 0 Å². The summed E-state index contributed by atoms with van der Waals surface area (Å²) in [5.74, 6) is 0. The smallest absolute Gasteiger partial charge is 0.00772 e. The Labute approximate surface area is 63.6 Å². The minimum absolute atomic E-state index is 0. The van der Waals surface area contributed by atoms with Gasteiger partial charge < -0.3 is 16.0 Å². The van der Waals surface area contributed by atoms with E-state index in [9.17, 15) is 0 Å². The van der Waals surface area contributed by atoms with E-state index in [0.717, 1.165) is 39.3 Å². The first kappa shape index (κ1) is 9.88. The van der Waals surface area contributed by atoms with Crippen molar-refractivity contribution in [3.63, 3.8) is 0 Å². The third-order valence-electron chi connectivity index (χ3n) is 1.44. The Bertz CT molecular complexity index is 37.3. The predicted molar refractivity (Wildman–Crippen MR) is 45.3 cm³/mol. The van der Waals surface area contributed by atoms with E-state index < -0.39 is 0 Å². The van der Waals surface area contributed by atoms with Gasteiger partial charge >= 0.3 is 0 Å². The molecule has 3 nitrogen and oxygen atoms in total. The Morgan fingerprint density at radius 3 is 0.900 bits per heavy atom. The van der Waals surface area contributed by atoms with Gasteiger partial charge in [0.15, 0.2) is 0 Å². The van der Waals surface area contributed by atoms with Crippen LogP contribution in [0.25, 0.3) is 0 Å². The average molecular weight is 145 g/mol. The fraction of sp³-hybridized carbons (Fsp3) is 1.00. The minimum Gasteiger partial charge on any atom is -0.314 e. The molecule has 0 spiro atoms. The van der Waals surface area contributed by atoms with Crippen LogP contribution in [0.2, 0.25) is 0 Å². The first-order chi connectivity index (χ1) is 4.50. The molecule has 1 heterocycles. The molecule has 3 heteroatoms. The first-order valence-electron chi connectivity index (χ1n) is 3.62. The van der Waals surface area contributed by atoms with Crippen LogP contribution >= 0.6 is 0 Å². The van der Waals surface area contributed by atoms with E-state index >= 15 is 0 Å². The molecule has 0 atom stereocenters. The van der Waals surface area contributed by atoms with Gasteiger partial charge in [-0.05, 0) is 0 Å².